The molecule has 0 heterocycles. The van der Waals surface area contributed by atoms with Crippen LogP contribution in [0.2, 0.25) is 0 Å². The number of esters is 1. The van der Waals surface area contributed by atoms with Crippen molar-refractivity contribution in [1.82, 2.24) is 0 Å². The first-order chi connectivity index (χ1) is 16.4. The summed E-state index contributed by atoms with van der Waals surface area (Å²) < 4.78 is 4.87. The van der Waals surface area contributed by atoms with Crippen molar-refractivity contribution < 1.29 is 24.2 Å². The van der Waals surface area contributed by atoms with E-state index in [4.69, 9.17) is 4.74 Å². The fraction of sp³-hybridized carbons (Fsp3) is 0.767. The van der Waals surface area contributed by atoms with Crippen LogP contribution in [0.3, 0.4) is 0 Å². The Kier molecular flexibility index (Phi) is 6.98. The van der Waals surface area contributed by atoms with E-state index in [2.05, 4.69) is 27.4 Å². The Morgan fingerprint density at radius 1 is 1.17 bits per heavy atom. The molecule has 5 nitrogen and oxygen atoms in total. The molecule has 0 aromatic carbocycles. The van der Waals surface area contributed by atoms with Crippen LogP contribution in [0.15, 0.2) is 23.3 Å². The lowest BCUT2D eigenvalue weighted by molar-refractivity contribution is -0.143. The molecule has 0 radical (unpaired) electrons. The third-order valence-electron chi connectivity index (χ3n) is 10.9. The van der Waals surface area contributed by atoms with Crippen LogP contribution in [0.4, 0.5) is 0 Å². The second-order valence-corrected chi connectivity index (χ2v) is 12.7. The number of ketones is 2. The Bertz CT molecular complexity index is 962. The number of hydrogen-bond donors (Lipinski definition) is 1. The Balaban J connectivity index is 1.58. The molecular weight excluding hydrogens is 440 g/mol. The van der Waals surface area contributed by atoms with E-state index < -0.39 is 0 Å². The molecule has 5 heteroatoms. The minimum Gasteiger partial charge on any atom is -0.469 e. The lowest BCUT2D eigenvalue weighted by Crippen LogP contribution is -2.53. The molecule has 0 bridgehead atoms. The average Bonchev–Trinajstić information content (AvgIpc) is 3.16. The maximum atomic E-state index is 13.9. The molecule has 2 fully saturated rings. The van der Waals surface area contributed by atoms with Gasteiger partial charge in [0.25, 0.3) is 0 Å². The van der Waals surface area contributed by atoms with Crippen molar-refractivity contribution in [2.24, 2.45) is 46.3 Å². The number of fused-ring (bicyclic) bond motifs is 4. The van der Waals surface area contributed by atoms with Gasteiger partial charge in [-0.3, -0.25) is 14.4 Å². The maximum Gasteiger partial charge on any atom is 0.312 e. The van der Waals surface area contributed by atoms with E-state index in [0.29, 0.717) is 31.1 Å². The van der Waals surface area contributed by atoms with Crippen molar-refractivity contribution in [3.8, 4) is 0 Å². The van der Waals surface area contributed by atoms with E-state index in [1.165, 1.54) is 7.11 Å². The molecular formula is C30H44O5. The molecule has 0 unspecified atom stereocenters. The molecule has 4 rings (SSSR count). The topological polar surface area (TPSA) is 80.7 Å². The molecule has 35 heavy (non-hydrogen) atoms. The smallest absolute Gasteiger partial charge is 0.312 e. The Morgan fingerprint density at radius 2 is 1.86 bits per heavy atom. The molecule has 194 valence electrons. The number of methoxy groups -OCH3 is 1. The summed E-state index contributed by atoms with van der Waals surface area (Å²) in [7, 11) is 1.41. The highest BCUT2D eigenvalue weighted by molar-refractivity contribution is 6.10. The second-order valence-electron chi connectivity index (χ2n) is 12.7. The van der Waals surface area contributed by atoms with Gasteiger partial charge in [0.15, 0.2) is 11.6 Å². The van der Waals surface area contributed by atoms with Gasteiger partial charge >= 0.3 is 5.97 Å². The first kappa shape index (κ1) is 26.3. The monoisotopic (exact) mass is 484 g/mol. The molecule has 0 aliphatic heterocycles. The fourth-order valence-electron chi connectivity index (χ4n) is 8.60. The summed E-state index contributed by atoms with van der Waals surface area (Å²) in [6, 6.07) is 0. The van der Waals surface area contributed by atoms with Crippen molar-refractivity contribution in [2.45, 2.75) is 92.1 Å². The van der Waals surface area contributed by atoms with E-state index >= 15 is 0 Å². The molecule has 0 amide bonds. The van der Waals surface area contributed by atoms with E-state index in [1.54, 1.807) is 0 Å². The summed E-state index contributed by atoms with van der Waals surface area (Å²) in [6.45, 7) is 14.7. The first-order valence-electron chi connectivity index (χ1n) is 13.6. The van der Waals surface area contributed by atoms with Gasteiger partial charge in [0.1, 0.15) is 0 Å². The second kappa shape index (κ2) is 9.28. The summed E-state index contributed by atoms with van der Waals surface area (Å²) in [4.78, 5) is 39.4. The molecule has 2 saturated carbocycles. The Labute approximate surface area is 210 Å². The highest BCUT2D eigenvalue weighted by atomic mass is 16.5. The van der Waals surface area contributed by atoms with Crippen LogP contribution in [0.1, 0.15) is 86.0 Å². The summed E-state index contributed by atoms with van der Waals surface area (Å²) in [6.07, 6.45) is 5.71. The van der Waals surface area contributed by atoms with E-state index in [1.807, 2.05) is 13.8 Å². The lowest BCUT2D eigenvalue weighted by Gasteiger charge is -2.55. The summed E-state index contributed by atoms with van der Waals surface area (Å²) in [5, 5.41) is 10.5. The molecule has 4 aliphatic rings. The van der Waals surface area contributed by atoms with Crippen molar-refractivity contribution in [3.63, 3.8) is 0 Å². The van der Waals surface area contributed by atoms with Crippen molar-refractivity contribution in [2.75, 3.05) is 7.11 Å². The number of carbonyl (C=O) groups is 3. The number of hydrogen-bond acceptors (Lipinski definition) is 5. The maximum absolute atomic E-state index is 13.9. The summed E-state index contributed by atoms with van der Waals surface area (Å²) >= 11 is 0. The van der Waals surface area contributed by atoms with Gasteiger partial charge in [0.05, 0.1) is 19.1 Å². The molecule has 0 aromatic heterocycles. The van der Waals surface area contributed by atoms with Crippen LogP contribution in [0, 0.1) is 46.3 Å². The lowest BCUT2D eigenvalue weighted by atomic mass is 9.48. The van der Waals surface area contributed by atoms with Crippen molar-refractivity contribution >= 4 is 17.5 Å². The third kappa shape index (κ3) is 4.06. The molecule has 0 saturated heterocycles. The van der Waals surface area contributed by atoms with Crippen molar-refractivity contribution in [1.29, 1.82) is 0 Å². The van der Waals surface area contributed by atoms with Gasteiger partial charge in [-0.15, -0.1) is 0 Å². The van der Waals surface area contributed by atoms with Crippen LogP contribution in [0.5, 0.6) is 0 Å². The zero-order chi connectivity index (χ0) is 25.9. The number of ether oxygens (including phenoxy) is 1. The van der Waals surface area contributed by atoms with Crippen LogP contribution in [-0.2, 0) is 19.1 Å². The zero-order valence-corrected chi connectivity index (χ0v) is 22.5. The molecule has 1 N–H and O–H groups in total. The van der Waals surface area contributed by atoms with Crippen LogP contribution in [-0.4, -0.2) is 35.9 Å². The van der Waals surface area contributed by atoms with Gasteiger partial charge in [-0.1, -0.05) is 39.8 Å². The Morgan fingerprint density at radius 3 is 2.51 bits per heavy atom. The van der Waals surface area contributed by atoms with Crippen LogP contribution >= 0.6 is 0 Å². The zero-order valence-electron chi connectivity index (χ0n) is 22.5. The van der Waals surface area contributed by atoms with Crippen LogP contribution < -0.4 is 0 Å². The highest BCUT2D eigenvalue weighted by Crippen LogP contribution is 2.65. The van der Waals surface area contributed by atoms with Gasteiger partial charge < -0.3 is 9.84 Å². The minimum atomic E-state index is -0.389. The van der Waals surface area contributed by atoms with Crippen molar-refractivity contribution in [3.05, 3.63) is 23.3 Å². The van der Waals surface area contributed by atoms with E-state index in [-0.39, 0.29) is 58.1 Å². The molecule has 0 spiro atoms. The van der Waals surface area contributed by atoms with Gasteiger partial charge in [-0.2, -0.15) is 0 Å². The number of Topliss-reactive ketones (excluding diaryl/α,β-unsaturated/α-hetero) is 2. The Hall–Kier alpha value is -1.75. The number of carbonyl (C=O) groups excluding carboxylic acids is 3. The average molecular weight is 485 g/mol. The predicted octanol–water partition coefficient (Wildman–Crippen LogP) is 5.46. The van der Waals surface area contributed by atoms with Gasteiger partial charge in [0, 0.05) is 29.4 Å². The van der Waals surface area contributed by atoms with Gasteiger partial charge in [0.2, 0.25) is 0 Å². The SMILES string of the molecule is C=C(CC[C@@H](C)[C@H]1CC[C@H]2C3=C(C(=O)C[C@]12C)[C@@]1(C)CC[C@@H](O)[C@@H](C)[C@@H]1CC3=O)[C@@H](C)C(=O)OC. The number of aliphatic hydroxyl groups is 1. The van der Waals surface area contributed by atoms with Crippen LogP contribution in [0.25, 0.3) is 0 Å². The normalized spacial score (nSPS) is 40.5. The van der Waals surface area contributed by atoms with Gasteiger partial charge in [-0.05, 0) is 80.5 Å². The number of allylic oxidation sites excluding steroid dienone is 2. The summed E-state index contributed by atoms with van der Waals surface area (Å²) in [5.74, 6) is 0.715. The molecule has 4 aliphatic carbocycles. The fourth-order valence-corrected chi connectivity index (χ4v) is 8.60. The molecule has 0 aromatic rings. The van der Waals surface area contributed by atoms with Gasteiger partial charge in [-0.25, -0.2) is 0 Å². The number of rotatable bonds is 6. The van der Waals surface area contributed by atoms with E-state index in [9.17, 15) is 19.5 Å². The quantitative estimate of drug-likeness (QED) is 0.400. The minimum absolute atomic E-state index is 0.0321. The van der Waals surface area contributed by atoms with E-state index in [0.717, 1.165) is 48.8 Å². The standard InChI is InChI=1S/C30H44O5/c1-16(18(3)28(34)35-7)8-9-17(2)20-10-11-21-26-24(32)14-22-19(4)23(31)12-13-29(22,5)27(26)25(33)15-30(20,21)6/h17-23,31H,1,8-15H2,2-7H3/t17-,18-,19+,20-,21+,22+,23-,29+,30-/m1/s1. The molecule has 9 atom stereocenters. The largest absolute Gasteiger partial charge is 0.469 e. The first-order valence-corrected chi connectivity index (χ1v) is 13.6. The summed E-state index contributed by atoms with van der Waals surface area (Å²) in [5.41, 5.74) is 2.07. The third-order valence-corrected chi connectivity index (χ3v) is 10.9. The predicted molar refractivity (Wildman–Crippen MR) is 135 cm³/mol. The number of aliphatic hydroxyl groups excluding tert-OH is 1. The highest BCUT2D eigenvalue weighted by Gasteiger charge is 2.61.